The molecule has 0 aromatic carbocycles. The lowest BCUT2D eigenvalue weighted by Gasteiger charge is -2.49. The summed E-state index contributed by atoms with van der Waals surface area (Å²) in [6, 6.07) is 0. The van der Waals surface area contributed by atoms with E-state index in [0.29, 0.717) is 10.8 Å². The van der Waals surface area contributed by atoms with Gasteiger partial charge in [-0.3, -0.25) is 0 Å². The molecule has 2 saturated carbocycles. The smallest absolute Gasteiger partial charge is 0.162 e. The van der Waals surface area contributed by atoms with Gasteiger partial charge in [0.2, 0.25) is 0 Å². The van der Waals surface area contributed by atoms with Crippen molar-refractivity contribution in [1.82, 2.24) is 0 Å². The van der Waals surface area contributed by atoms with Crippen LogP contribution in [0.4, 0.5) is 0 Å². The standard InChI is InChI=1S/C15H26O2/c1-10-6-7-11-12(13(11,2)3)15(10)8-16-14(4,5)17-9-15/h10-12H,6-9H2,1-5H3/t10?,11?,12-/m1/s1. The maximum atomic E-state index is 6.00. The molecule has 1 heterocycles. The molecule has 2 unspecified atom stereocenters. The van der Waals surface area contributed by atoms with E-state index < -0.39 is 0 Å². The van der Waals surface area contributed by atoms with Crippen molar-refractivity contribution in [2.45, 2.75) is 53.2 Å². The first-order valence-electron chi connectivity index (χ1n) is 7.07. The Hall–Kier alpha value is -0.0800. The van der Waals surface area contributed by atoms with Gasteiger partial charge in [-0.05, 0) is 49.9 Å². The van der Waals surface area contributed by atoms with E-state index in [9.17, 15) is 0 Å². The zero-order valence-corrected chi connectivity index (χ0v) is 11.9. The largest absolute Gasteiger partial charge is 0.350 e. The van der Waals surface area contributed by atoms with Crippen LogP contribution in [0.2, 0.25) is 0 Å². The van der Waals surface area contributed by atoms with Crippen LogP contribution in [-0.4, -0.2) is 19.0 Å². The second-order valence-corrected chi connectivity index (χ2v) is 7.59. The minimum atomic E-state index is -0.378. The Morgan fingerprint density at radius 1 is 0.941 bits per heavy atom. The van der Waals surface area contributed by atoms with Crippen LogP contribution in [0, 0.1) is 28.6 Å². The molecule has 17 heavy (non-hydrogen) atoms. The molecule has 2 aliphatic carbocycles. The number of rotatable bonds is 0. The molecule has 0 bridgehead atoms. The first-order valence-corrected chi connectivity index (χ1v) is 7.07. The van der Waals surface area contributed by atoms with Crippen LogP contribution >= 0.6 is 0 Å². The number of ether oxygens (including phenoxy) is 2. The summed E-state index contributed by atoms with van der Waals surface area (Å²) in [5, 5.41) is 0. The minimum absolute atomic E-state index is 0.294. The average molecular weight is 238 g/mol. The second-order valence-electron chi connectivity index (χ2n) is 7.59. The fourth-order valence-electron chi connectivity index (χ4n) is 4.61. The molecule has 3 atom stereocenters. The molecule has 3 fully saturated rings. The highest BCUT2D eigenvalue weighted by molar-refractivity contribution is 5.17. The average Bonchev–Trinajstić information content (AvgIpc) is 2.80. The molecule has 0 radical (unpaired) electrons. The molecule has 0 aromatic heterocycles. The molecule has 1 saturated heterocycles. The SMILES string of the molecule is CC1CCC2[C@H](C2(C)C)C12COC(C)(C)OC2. The maximum absolute atomic E-state index is 6.00. The van der Waals surface area contributed by atoms with Crippen molar-refractivity contribution in [1.29, 1.82) is 0 Å². The lowest BCUT2D eigenvalue weighted by atomic mass is 9.66. The van der Waals surface area contributed by atoms with E-state index in [-0.39, 0.29) is 5.79 Å². The van der Waals surface area contributed by atoms with Crippen molar-refractivity contribution in [3.8, 4) is 0 Å². The molecule has 2 nitrogen and oxygen atoms in total. The third-order valence-corrected chi connectivity index (χ3v) is 5.94. The molecule has 0 aromatic rings. The molecule has 0 N–H and O–H groups in total. The number of fused-ring (bicyclic) bond motifs is 2. The summed E-state index contributed by atoms with van der Waals surface area (Å²) in [5.74, 6) is 2.08. The highest BCUT2D eigenvalue weighted by Crippen LogP contribution is 2.73. The molecular weight excluding hydrogens is 212 g/mol. The number of hydrogen-bond donors (Lipinski definition) is 0. The molecular formula is C15H26O2. The van der Waals surface area contributed by atoms with Crippen molar-refractivity contribution >= 4 is 0 Å². The van der Waals surface area contributed by atoms with Gasteiger partial charge in [0.05, 0.1) is 13.2 Å². The Kier molecular flexibility index (Phi) is 2.30. The van der Waals surface area contributed by atoms with Gasteiger partial charge in [0, 0.05) is 5.41 Å². The van der Waals surface area contributed by atoms with E-state index in [1.165, 1.54) is 12.8 Å². The molecule has 2 heteroatoms. The first-order chi connectivity index (χ1) is 7.80. The Morgan fingerprint density at radius 2 is 1.53 bits per heavy atom. The highest BCUT2D eigenvalue weighted by Gasteiger charge is 2.70. The van der Waals surface area contributed by atoms with Gasteiger partial charge in [-0.2, -0.15) is 0 Å². The van der Waals surface area contributed by atoms with Crippen LogP contribution in [0.1, 0.15) is 47.5 Å². The molecule has 0 amide bonds. The van der Waals surface area contributed by atoms with Crippen molar-refractivity contribution in [3.63, 3.8) is 0 Å². The topological polar surface area (TPSA) is 18.5 Å². The predicted octanol–water partition coefficient (Wildman–Crippen LogP) is 3.46. The van der Waals surface area contributed by atoms with Crippen molar-refractivity contribution in [3.05, 3.63) is 0 Å². The van der Waals surface area contributed by atoms with E-state index in [0.717, 1.165) is 31.0 Å². The first kappa shape index (κ1) is 12.0. The van der Waals surface area contributed by atoms with Crippen LogP contribution in [-0.2, 0) is 9.47 Å². The summed E-state index contributed by atoms with van der Waals surface area (Å²) in [6.07, 6.45) is 2.75. The molecule has 1 aliphatic heterocycles. The summed E-state index contributed by atoms with van der Waals surface area (Å²) in [7, 11) is 0. The Morgan fingerprint density at radius 3 is 2.12 bits per heavy atom. The van der Waals surface area contributed by atoms with Gasteiger partial charge in [-0.1, -0.05) is 20.8 Å². The maximum Gasteiger partial charge on any atom is 0.162 e. The van der Waals surface area contributed by atoms with Crippen molar-refractivity contribution < 1.29 is 9.47 Å². The number of hydrogen-bond acceptors (Lipinski definition) is 2. The van der Waals surface area contributed by atoms with Gasteiger partial charge >= 0.3 is 0 Å². The summed E-state index contributed by atoms with van der Waals surface area (Å²) in [5.41, 5.74) is 0.806. The molecule has 1 spiro atoms. The van der Waals surface area contributed by atoms with E-state index in [2.05, 4.69) is 20.8 Å². The van der Waals surface area contributed by atoms with Crippen LogP contribution in [0.3, 0.4) is 0 Å². The Labute approximate surface area is 105 Å². The predicted molar refractivity (Wildman–Crippen MR) is 67.6 cm³/mol. The van der Waals surface area contributed by atoms with Crippen LogP contribution in [0.25, 0.3) is 0 Å². The highest BCUT2D eigenvalue weighted by atomic mass is 16.7. The lowest BCUT2D eigenvalue weighted by Crippen LogP contribution is -2.52. The third kappa shape index (κ3) is 1.53. The third-order valence-electron chi connectivity index (χ3n) is 5.94. The fraction of sp³-hybridized carbons (Fsp3) is 1.00. The van der Waals surface area contributed by atoms with Gasteiger partial charge in [0.1, 0.15) is 0 Å². The van der Waals surface area contributed by atoms with Gasteiger partial charge in [-0.15, -0.1) is 0 Å². The summed E-state index contributed by atoms with van der Waals surface area (Å²) < 4.78 is 12.0. The Bertz CT molecular complexity index is 322. The van der Waals surface area contributed by atoms with Gasteiger partial charge in [-0.25, -0.2) is 0 Å². The van der Waals surface area contributed by atoms with Crippen LogP contribution in [0.15, 0.2) is 0 Å². The fourth-order valence-corrected chi connectivity index (χ4v) is 4.61. The molecule has 3 rings (SSSR count). The van der Waals surface area contributed by atoms with Crippen LogP contribution in [0.5, 0.6) is 0 Å². The minimum Gasteiger partial charge on any atom is -0.350 e. The summed E-state index contributed by atoms with van der Waals surface area (Å²) >= 11 is 0. The zero-order chi connectivity index (χ0) is 12.5. The van der Waals surface area contributed by atoms with Crippen molar-refractivity contribution in [2.75, 3.05) is 13.2 Å². The summed E-state index contributed by atoms with van der Waals surface area (Å²) in [6.45, 7) is 13.1. The second kappa shape index (κ2) is 3.27. The molecule has 98 valence electrons. The van der Waals surface area contributed by atoms with Gasteiger partial charge in [0.15, 0.2) is 5.79 Å². The van der Waals surface area contributed by atoms with E-state index in [1.807, 2.05) is 13.8 Å². The van der Waals surface area contributed by atoms with E-state index in [4.69, 9.17) is 9.47 Å². The lowest BCUT2D eigenvalue weighted by molar-refractivity contribution is -0.302. The summed E-state index contributed by atoms with van der Waals surface area (Å²) in [4.78, 5) is 0. The van der Waals surface area contributed by atoms with E-state index >= 15 is 0 Å². The van der Waals surface area contributed by atoms with E-state index in [1.54, 1.807) is 0 Å². The normalized spacial score (nSPS) is 45.4. The monoisotopic (exact) mass is 238 g/mol. The van der Waals surface area contributed by atoms with Gasteiger partial charge < -0.3 is 9.47 Å². The van der Waals surface area contributed by atoms with Crippen molar-refractivity contribution in [2.24, 2.45) is 28.6 Å². The Balaban J connectivity index is 1.86. The quantitative estimate of drug-likeness (QED) is 0.643. The van der Waals surface area contributed by atoms with Gasteiger partial charge in [0.25, 0.3) is 0 Å². The zero-order valence-electron chi connectivity index (χ0n) is 11.9. The van der Waals surface area contributed by atoms with Crippen LogP contribution < -0.4 is 0 Å². The molecule has 3 aliphatic rings.